The van der Waals surface area contributed by atoms with E-state index in [2.05, 4.69) is 0 Å². The lowest BCUT2D eigenvalue weighted by atomic mass is 10.00. The van der Waals surface area contributed by atoms with E-state index in [1.54, 1.807) is 7.11 Å². The van der Waals surface area contributed by atoms with E-state index in [-0.39, 0.29) is 12.2 Å². The normalized spacial score (nSPS) is 11.2. The van der Waals surface area contributed by atoms with Gasteiger partial charge in [0.25, 0.3) is 0 Å². The van der Waals surface area contributed by atoms with E-state index >= 15 is 0 Å². The van der Waals surface area contributed by atoms with Gasteiger partial charge in [-0.15, -0.1) is 0 Å². The second-order valence-corrected chi connectivity index (χ2v) is 4.97. The number of benzene rings is 2. The SMILES string of the molecule is COc1ccc2c(oc(=O)c3c(CCO)cccc32)c1C. The van der Waals surface area contributed by atoms with Gasteiger partial charge in [0.15, 0.2) is 0 Å². The molecule has 0 bridgehead atoms. The van der Waals surface area contributed by atoms with Gasteiger partial charge in [-0.3, -0.25) is 0 Å². The van der Waals surface area contributed by atoms with Crippen LogP contribution in [0.5, 0.6) is 5.75 Å². The first-order valence-corrected chi connectivity index (χ1v) is 6.80. The van der Waals surface area contributed by atoms with Crippen LogP contribution >= 0.6 is 0 Å². The molecular weight excluding hydrogens is 268 g/mol. The van der Waals surface area contributed by atoms with Gasteiger partial charge < -0.3 is 14.3 Å². The van der Waals surface area contributed by atoms with E-state index in [0.717, 1.165) is 21.9 Å². The Hall–Kier alpha value is -2.33. The van der Waals surface area contributed by atoms with Gasteiger partial charge in [-0.2, -0.15) is 0 Å². The molecule has 1 N–H and O–H groups in total. The van der Waals surface area contributed by atoms with Gasteiger partial charge in [0.2, 0.25) is 0 Å². The minimum absolute atomic E-state index is 0.00176. The van der Waals surface area contributed by atoms with Crippen molar-refractivity contribution in [2.45, 2.75) is 13.3 Å². The summed E-state index contributed by atoms with van der Waals surface area (Å²) in [6, 6.07) is 9.41. The fourth-order valence-corrected chi connectivity index (χ4v) is 2.78. The van der Waals surface area contributed by atoms with Crippen LogP contribution in [0.1, 0.15) is 11.1 Å². The maximum absolute atomic E-state index is 12.4. The molecule has 108 valence electrons. The van der Waals surface area contributed by atoms with Gasteiger partial charge >= 0.3 is 5.63 Å². The van der Waals surface area contributed by atoms with Gasteiger partial charge in [-0.25, -0.2) is 4.79 Å². The summed E-state index contributed by atoms with van der Waals surface area (Å²) in [6.07, 6.45) is 0.433. The quantitative estimate of drug-likeness (QED) is 0.593. The maximum atomic E-state index is 12.4. The molecule has 0 radical (unpaired) electrons. The molecule has 0 aliphatic rings. The summed E-state index contributed by atoms with van der Waals surface area (Å²) in [5.41, 5.74) is 1.78. The van der Waals surface area contributed by atoms with Crippen molar-refractivity contribution >= 4 is 21.7 Å². The molecule has 2 aromatic carbocycles. The highest BCUT2D eigenvalue weighted by Gasteiger charge is 2.14. The van der Waals surface area contributed by atoms with Crippen LogP contribution in [0.15, 0.2) is 39.5 Å². The Morgan fingerprint density at radius 2 is 2.00 bits per heavy atom. The van der Waals surface area contributed by atoms with E-state index in [1.165, 1.54) is 0 Å². The van der Waals surface area contributed by atoms with Crippen LogP contribution in [0.2, 0.25) is 0 Å². The van der Waals surface area contributed by atoms with Crippen LogP contribution in [-0.2, 0) is 6.42 Å². The van der Waals surface area contributed by atoms with Gasteiger partial charge in [-0.1, -0.05) is 18.2 Å². The molecule has 0 fully saturated rings. The summed E-state index contributed by atoms with van der Waals surface area (Å²) < 4.78 is 10.8. The maximum Gasteiger partial charge on any atom is 0.344 e. The summed E-state index contributed by atoms with van der Waals surface area (Å²) in [5, 5.41) is 11.4. The van der Waals surface area contributed by atoms with Crippen LogP contribution in [0.25, 0.3) is 21.7 Å². The van der Waals surface area contributed by atoms with Crippen LogP contribution in [0.3, 0.4) is 0 Å². The van der Waals surface area contributed by atoms with Crippen molar-refractivity contribution in [2.75, 3.05) is 13.7 Å². The second kappa shape index (κ2) is 5.22. The van der Waals surface area contributed by atoms with Crippen LogP contribution in [0, 0.1) is 6.92 Å². The molecule has 0 saturated heterocycles. The monoisotopic (exact) mass is 284 g/mol. The molecular formula is C17H16O4. The Labute approximate surface area is 121 Å². The largest absolute Gasteiger partial charge is 0.496 e. The molecule has 0 atom stereocenters. The molecule has 0 amide bonds. The van der Waals surface area contributed by atoms with Crippen LogP contribution in [0.4, 0.5) is 0 Å². The molecule has 1 aromatic heterocycles. The first kappa shape index (κ1) is 13.6. The Kier molecular flexibility index (Phi) is 3.39. The lowest BCUT2D eigenvalue weighted by Crippen LogP contribution is -2.05. The smallest absolute Gasteiger partial charge is 0.344 e. The minimum Gasteiger partial charge on any atom is -0.496 e. The predicted molar refractivity (Wildman–Crippen MR) is 82.1 cm³/mol. The van der Waals surface area contributed by atoms with Gasteiger partial charge in [0.1, 0.15) is 11.3 Å². The molecule has 21 heavy (non-hydrogen) atoms. The molecule has 0 aliphatic heterocycles. The van der Waals surface area contributed by atoms with E-state index in [0.29, 0.717) is 23.1 Å². The lowest BCUT2D eigenvalue weighted by molar-refractivity contribution is 0.300. The Morgan fingerprint density at radius 3 is 2.71 bits per heavy atom. The first-order chi connectivity index (χ1) is 10.2. The van der Waals surface area contributed by atoms with Crippen molar-refractivity contribution < 1.29 is 14.3 Å². The fraction of sp³-hybridized carbons (Fsp3) is 0.235. The highest BCUT2D eigenvalue weighted by atomic mass is 16.5. The van der Waals surface area contributed by atoms with Crippen LogP contribution in [-0.4, -0.2) is 18.8 Å². The summed E-state index contributed by atoms with van der Waals surface area (Å²) in [5.74, 6) is 0.691. The molecule has 0 spiro atoms. The van der Waals surface area contributed by atoms with Gasteiger partial charge in [0.05, 0.1) is 12.5 Å². The zero-order valence-electron chi connectivity index (χ0n) is 12.0. The molecule has 0 saturated carbocycles. The number of hydrogen-bond donors (Lipinski definition) is 1. The highest BCUT2D eigenvalue weighted by Crippen LogP contribution is 2.31. The zero-order chi connectivity index (χ0) is 15.0. The third kappa shape index (κ3) is 2.08. The van der Waals surface area contributed by atoms with Crippen molar-refractivity contribution in [3.8, 4) is 5.75 Å². The third-order valence-electron chi connectivity index (χ3n) is 3.80. The number of aliphatic hydroxyl groups excluding tert-OH is 1. The highest BCUT2D eigenvalue weighted by molar-refractivity contribution is 6.06. The van der Waals surface area contributed by atoms with Crippen molar-refractivity contribution in [3.05, 3.63) is 51.9 Å². The molecule has 4 nitrogen and oxygen atoms in total. The summed E-state index contributed by atoms with van der Waals surface area (Å²) >= 11 is 0. The van der Waals surface area contributed by atoms with Gasteiger partial charge in [-0.05, 0) is 31.0 Å². The molecule has 0 aliphatic carbocycles. The Balaban J connectivity index is 2.48. The number of hydrogen-bond acceptors (Lipinski definition) is 4. The minimum atomic E-state index is -0.377. The van der Waals surface area contributed by atoms with E-state index in [4.69, 9.17) is 14.3 Å². The number of ether oxygens (including phenoxy) is 1. The lowest BCUT2D eigenvalue weighted by Gasteiger charge is -2.10. The van der Waals surface area contributed by atoms with E-state index < -0.39 is 0 Å². The molecule has 0 unspecified atom stereocenters. The Morgan fingerprint density at radius 1 is 1.19 bits per heavy atom. The predicted octanol–water partition coefficient (Wildman–Crippen LogP) is 2.80. The molecule has 3 aromatic rings. The van der Waals surface area contributed by atoms with Crippen molar-refractivity contribution in [1.82, 2.24) is 0 Å². The number of methoxy groups -OCH3 is 1. The average molecular weight is 284 g/mol. The third-order valence-corrected chi connectivity index (χ3v) is 3.80. The Bertz CT molecular complexity index is 877. The van der Waals surface area contributed by atoms with Crippen LogP contribution < -0.4 is 10.4 Å². The first-order valence-electron chi connectivity index (χ1n) is 6.80. The second-order valence-electron chi connectivity index (χ2n) is 4.97. The molecule has 4 heteroatoms. The fourth-order valence-electron chi connectivity index (χ4n) is 2.78. The summed E-state index contributed by atoms with van der Waals surface area (Å²) in [4.78, 5) is 12.4. The summed E-state index contributed by atoms with van der Waals surface area (Å²) in [7, 11) is 1.59. The number of fused-ring (bicyclic) bond motifs is 3. The number of aryl methyl sites for hydroxylation is 1. The van der Waals surface area contributed by atoms with Crippen molar-refractivity contribution in [2.24, 2.45) is 0 Å². The summed E-state index contributed by atoms with van der Waals surface area (Å²) in [6.45, 7) is 1.87. The van der Waals surface area contributed by atoms with Gasteiger partial charge in [0, 0.05) is 22.9 Å². The molecule has 1 heterocycles. The topological polar surface area (TPSA) is 59.7 Å². The molecule has 3 rings (SSSR count). The average Bonchev–Trinajstić information content (AvgIpc) is 2.49. The van der Waals surface area contributed by atoms with E-state index in [9.17, 15) is 4.79 Å². The van der Waals surface area contributed by atoms with Crippen molar-refractivity contribution in [1.29, 1.82) is 0 Å². The standard InChI is InChI=1S/C17H16O4/c1-10-14(20-2)7-6-13-12-5-3-4-11(8-9-18)15(12)17(19)21-16(10)13/h3-7,18H,8-9H2,1-2H3. The van der Waals surface area contributed by atoms with Crippen molar-refractivity contribution in [3.63, 3.8) is 0 Å². The number of rotatable bonds is 3. The zero-order valence-corrected chi connectivity index (χ0v) is 12.0. The number of aliphatic hydroxyl groups is 1. The van der Waals surface area contributed by atoms with E-state index in [1.807, 2.05) is 37.3 Å².